The Morgan fingerprint density at radius 3 is 2.53 bits per heavy atom. The summed E-state index contributed by atoms with van der Waals surface area (Å²) in [5.74, 6) is -9.57. The number of hydrogen-bond donors (Lipinski definition) is 6. The number of benzene rings is 1. The fourth-order valence-electron chi connectivity index (χ4n) is 5.12. The highest BCUT2D eigenvalue weighted by Crippen LogP contribution is 2.56. The fraction of sp³-hybridized carbons (Fsp3) is 0.350. The lowest BCUT2D eigenvalue weighted by Crippen LogP contribution is -2.63. The molecule has 0 bridgehead atoms. The van der Waals surface area contributed by atoms with Crippen molar-refractivity contribution in [3.63, 3.8) is 0 Å². The van der Waals surface area contributed by atoms with Gasteiger partial charge in [0.25, 0.3) is 5.91 Å². The van der Waals surface area contributed by atoms with Crippen molar-refractivity contribution in [2.45, 2.75) is 31.0 Å². The van der Waals surface area contributed by atoms with Gasteiger partial charge in [0.1, 0.15) is 22.8 Å². The zero-order chi connectivity index (χ0) is 23.7. The number of phenolic OH excluding ortho intramolecular Hbond substituents is 1. The molecule has 0 aliphatic heterocycles. The van der Waals surface area contributed by atoms with E-state index in [0.717, 1.165) is 0 Å². The third-order valence-electron chi connectivity index (χ3n) is 6.63. The Bertz CT molecular complexity index is 1230. The van der Waals surface area contributed by atoms with Crippen LogP contribution in [0.1, 0.15) is 30.4 Å². The molecule has 12 nitrogen and oxygen atoms in total. The third-order valence-corrected chi connectivity index (χ3v) is 6.63. The zero-order valence-electron chi connectivity index (χ0n) is 16.6. The van der Waals surface area contributed by atoms with Gasteiger partial charge in [0.05, 0.1) is 17.4 Å². The Hall–Kier alpha value is -3.86. The first kappa shape index (κ1) is 21.4. The van der Waals surface area contributed by atoms with Crippen molar-refractivity contribution in [2.75, 3.05) is 0 Å². The van der Waals surface area contributed by atoms with Gasteiger partial charge in [-0.3, -0.25) is 14.4 Å². The molecule has 1 amide bonds. The highest BCUT2D eigenvalue weighted by Gasteiger charge is 2.64. The molecule has 166 valence electrons. The van der Waals surface area contributed by atoms with Crippen LogP contribution >= 0.6 is 0 Å². The second-order valence-corrected chi connectivity index (χ2v) is 8.07. The van der Waals surface area contributed by atoms with Gasteiger partial charge in [-0.15, -0.1) is 0 Å². The van der Waals surface area contributed by atoms with Gasteiger partial charge in [-0.05, 0) is 23.1 Å². The lowest BCUT2D eigenvalue weighted by molar-refractivity contribution is -0.160. The van der Waals surface area contributed by atoms with Crippen molar-refractivity contribution in [1.29, 1.82) is 0 Å². The molecule has 1 fully saturated rings. The summed E-state index contributed by atoms with van der Waals surface area (Å²) >= 11 is 0. The largest absolute Gasteiger partial charge is 0.508 e. The summed E-state index contributed by atoms with van der Waals surface area (Å²) in [5.41, 5.74) is 9.29. The summed E-state index contributed by atoms with van der Waals surface area (Å²) in [6.07, 6.45) is -2.24. The summed E-state index contributed by atoms with van der Waals surface area (Å²) in [5, 5.41) is 57.6. The van der Waals surface area contributed by atoms with Crippen LogP contribution < -0.4 is 5.73 Å². The molecule has 5 atom stereocenters. The molecule has 7 N–H and O–H groups in total. The van der Waals surface area contributed by atoms with Crippen LogP contribution in [-0.4, -0.2) is 54.7 Å². The topological polar surface area (TPSA) is 227 Å². The number of carbonyl (C=O) groups excluding carboxylic acids is 3. The number of hydrogen-bond acceptors (Lipinski definition) is 9. The van der Waals surface area contributed by atoms with E-state index in [1.165, 1.54) is 12.1 Å². The summed E-state index contributed by atoms with van der Waals surface area (Å²) < 4.78 is 0. The third kappa shape index (κ3) is 2.45. The quantitative estimate of drug-likeness (QED) is 0.166. The van der Waals surface area contributed by atoms with Crippen molar-refractivity contribution in [3.05, 3.63) is 50.6 Å². The first-order valence-corrected chi connectivity index (χ1v) is 9.54. The van der Waals surface area contributed by atoms with Gasteiger partial charge >= 0.3 is 0 Å². The van der Waals surface area contributed by atoms with Crippen LogP contribution in [0, 0.1) is 11.8 Å². The van der Waals surface area contributed by atoms with E-state index in [2.05, 4.69) is 10.0 Å². The zero-order valence-corrected chi connectivity index (χ0v) is 16.6. The Balaban J connectivity index is 2.02. The number of aliphatic hydroxyl groups excluding tert-OH is 3. The molecular formula is C20H18N4O8. The highest BCUT2D eigenvalue weighted by molar-refractivity contribution is 6.23. The standard InChI is InChI=1S/C20H18N4O8/c1-5-6-2-3-8(23-24-22)15(27)11(6)16(28)13-10(5)14(26)7-4-9(25)12(19(21)31)17(29)20(7,32)18(13)30/h2-3,5,7,10,14,26-29,32H,4H2,1H3,(H2,21,31)/t5-,7+,10+,14-,20+/m0/s1. The van der Waals surface area contributed by atoms with Gasteiger partial charge in [-0.1, -0.05) is 18.1 Å². The fourth-order valence-corrected chi connectivity index (χ4v) is 5.12. The molecule has 0 unspecified atom stereocenters. The van der Waals surface area contributed by atoms with Gasteiger partial charge in [0.2, 0.25) is 5.78 Å². The van der Waals surface area contributed by atoms with E-state index in [9.17, 15) is 39.9 Å². The van der Waals surface area contributed by atoms with Crippen molar-refractivity contribution >= 4 is 28.9 Å². The number of primary amides is 1. The number of nitrogens with two attached hydrogens (primary N) is 1. The Kier molecular flexibility index (Phi) is 4.56. The SMILES string of the molecule is C[C@H]1c2ccc(N=[N+]=[N-])c(O)c2C(O)=C2C(=O)[C@]3(O)C(O)=C(C(N)=O)C(=O)C[C@@H]3[C@H](O)[C@@H]21. The normalized spacial score (nSPS) is 31.5. The number of carbonyl (C=O) groups is 3. The first-order chi connectivity index (χ1) is 15.0. The maximum absolute atomic E-state index is 13.4. The highest BCUT2D eigenvalue weighted by atomic mass is 16.4. The predicted molar refractivity (Wildman–Crippen MR) is 106 cm³/mol. The van der Waals surface area contributed by atoms with Crippen molar-refractivity contribution in [2.24, 2.45) is 22.7 Å². The molecule has 3 aliphatic rings. The predicted octanol–water partition coefficient (Wildman–Crippen LogP) is 0.898. The van der Waals surface area contributed by atoms with Gasteiger partial charge in [-0.2, -0.15) is 0 Å². The number of ketones is 2. The monoisotopic (exact) mass is 442 g/mol. The molecule has 32 heavy (non-hydrogen) atoms. The number of fused-ring (bicyclic) bond motifs is 3. The number of azide groups is 1. The second kappa shape index (κ2) is 6.82. The minimum absolute atomic E-state index is 0.230. The Labute approximate surface area is 179 Å². The molecule has 0 heterocycles. The summed E-state index contributed by atoms with van der Waals surface area (Å²) in [6, 6.07) is 2.75. The molecule has 3 aliphatic carbocycles. The molecule has 1 aromatic rings. The number of aromatic hydroxyl groups is 1. The average molecular weight is 442 g/mol. The maximum atomic E-state index is 13.4. The molecule has 0 saturated heterocycles. The minimum atomic E-state index is -2.90. The Morgan fingerprint density at radius 1 is 1.28 bits per heavy atom. The number of rotatable bonds is 2. The van der Waals surface area contributed by atoms with E-state index in [4.69, 9.17) is 11.3 Å². The lowest BCUT2D eigenvalue weighted by atomic mass is 9.55. The van der Waals surface area contributed by atoms with Crippen LogP contribution in [0.4, 0.5) is 5.69 Å². The second-order valence-electron chi connectivity index (χ2n) is 8.07. The molecule has 0 spiro atoms. The van der Waals surface area contributed by atoms with Gasteiger partial charge in [-0.25, -0.2) is 0 Å². The molecule has 12 heteroatoms. The molecule has 4 rings (SSSR count). The van der Waals surface area contributed by atoms with Crippen LogP contribution in [0.15, 0.2) is 34.2 Å². The summed E-state index contributed by atoms with van der Waals surface area (Å²) in [6.45, 7) is 1.60. The van der Waals surface area contributed by atoms with Crippen molar-refractivity contribution in [1.82, 2.24) is 0 Å². The molecule has 0 radical (unpaired) electrons. The van der Waals surface area contributed by atoms with E-state index >= 15 is 0 Å². The van der Waals surface area contributed by atoms with Crippen molar-refractivity contribution in [3.8, 4) is 5.75 Å². The van der Waals surface area contributed by atoms with E-state index < -0.39 is 81.8 Å². The number of aliphatic hydroxyl groups is 4. The molecule has 1 aromatic carbocycles. The number of amides is 1. The molecule has 1 saturated carbocycles. The van der Waals surface area contributed by atoms with Crippen LogP contribution in [0.3, 0.4) is 0 Å². The van der Waals surface area contributed by atoms with E-state index in [0.29, 0.717) is 5.56 Å². The minimum Gasteiger partial charge on any atom is -0.508 e. The van der Waals surface area contributed by atoms with Crippen molar-refractivity contribution < 1.29 is 39.9 Å². The van der Waals surface area contributed by atoms with Crippen LogP contribution in [0.25, 0.3) is 16.2 Å². The van der Waals surface area contributed by atoms with E-state index in [1.54, 1.807) is 6.92 Å². The smallest absolute Gasteiger partial charge is 0.255 e. The lowest BCUT2D eigenvalue weighted by Gasteiger charge is -2.50. The summed E-state index contributed by atoms with van der Waals surface area (Å²) in [7, 11) is 0. The van der Waals surface area contributed by atoms with Gasteiger partial charge in [0.15, 0.2) is 11.4 Å². The molecule has 0 aromatic heterocycles. The van der Waals surface area contributed by atoms with E-state index in [1.807, 2.05) is 0 Å². The Morgan fingerprint density at radius 2 is 1.94 bits per heavy atom. The van der Waals surface area contributed by atoms with Gasteiger partial charge < -0.3 is 31.3 Å². The van der Waals surface area contributed by atoms with Crippen LogP contribution in [0.2, 0.25) is 0 Å². The number of nitrogens with zero attached hydrogens (tertiary/aromatic N) is 3. The van der Waals surface area contributed by atoms with E-state index in [-0.39, 0.29) is 11.3 Å². The number of phenols is 1. The average Bonchev–Trinajstić information content (AvgIpc) is 2.72. The first-order valence-electron chi connectivity index (χ1n) is 9.54. The van der Waals surface area contributed by atoms with Gasteiger partial charge in [0, 0.05) is 28.7 Å². The van der Waals surface area contributed by atoms with Crippen LogP contribution in [-0.2, 0) is 14.4 Å². The van der Waals surface area contributed by atoms with Crippen LogP contribution in [0.5, 0.6) is 5.75 Å². The molecular weight excluding hydrogens is 424 g/mol. The maximum Gasteiger partial charge on any atom is 0.255 e. The summed E-state index contributed by atoms with van der Waals surface area (Å²) in [4.78, 5) is 40.0. The number of Topliss-reactive ketones (excluding diaryl/α,β-unsaturated/α-hetero) is 2.